The van der Waals surface area contributed by atoms with Gasteiger partial charge in [0.25, 0.3) is 0 Å². The maximum Gasteiger partial charge on any atom is 0.354 e. The fourth-order valence-electron chi connectivity index (χ4n) is 3.36. The summed E-state index contributed by atoms with van der Waals surface area (Å²) >= 11 is 0. The van der Waals surface area contributed by atoms with Crippen LogP contribution in [-0.2, 0) is 27.1 Å². The molecule has 8 nitrogen and oxygen atoms in total. The van der Waals surface area contributed by atoms with Crippen molar-refractivity contribution in [3.63, 3.8) is 0 Å². The van der Waals surface area contributed by atoms with Crippen molar-refractivity contribution in [1.82, 2.24) is 15.8 Å². The van der Waals surface area contributed by atoms with Crippen molar-refractivity contribution in [2.24, 2.45) is 5.92 Å². The van der Waals surface area contributed by atoms with Crippen molar-refractivity contribution in [3.8, 4) is 11.3 Å². The number of hydrogen-bond acceptors (Lipinski definition) is 7. The molecule has 3 rings (SSSR count). The molecule has 0 fully saturated rings. The smallest absolute Gasteiger partial charge is 0.354 e. The third-order valence-corrected chi connectivity index (χ3v) is 6.39. The number of aliphatic carboxylic acids is 1. The van der Waals surface area contributed by atoms with Gasteiger partial charge in [-0.05, 0) is 5.56 Å². The normalized spacial score (nSPS) is 12.4. The largest absolute Gasteiger partial charge is 0.480 e. The maximum absolute atomic E-state index is 12.6. The van der Waals surface area contributed by atoms with Crippen LogP contribution >= 0.6 is 7.80 Å². The van der Waals surface area contributed by atoms with Crippen LogP contribution in [-0.4, -0.2) is 48.5 Å². The first-order valence-electron chi connectivity index (χ1n) is 10.8. The summed E-state index contributed by atoms with van der Waals surface area (Å²) in [4.78, 5) is 10.9. The molecule has 1 aromatic heterocycles. The van der Waals surface area contributed by atoms with Gasteiger partial charge in [0.15, 0.2) is 12.4 Å². The van der Waals surface area contributed by atoms with E-state index in [2.05, 4.69) is 15.8 Å². The summed E-state index contributed by atoms with van der Waals surface area (Å²) in [5.74, 6) is -0.309. The van der Waals surface area contributed by atoms with E-state index in [1.807, 2.05) is 66.7 Å². The average Bonchev–Trinajstić information content (AvgIpc) is 3.28. The minimum Gasteiger partial charge on any atom is -0.480 e. The number of carbonyl (C=O) groups is 1. The number of aromatic nitrogens is 1. The van der Waals surface area contributed by atoms with Gasteiger partial charge in [0, 0.05) is 30.5 Å². The molecule has 0 amide bonds. The lowest BCUT2D eigenvalue weighted by molar-refractivity contribution is -0.135. The van der Waals surface area contributed by atoms with E-state index >= 15 is 0 Å². The Kier molecular flexibility index (Phi) is 10.2. The minimum atomic E-state index is -1.55. The lowest BCUT2D eigenvalue weighted by Crippen LogP contribution is -2.30. The predicted octanol–water partition coefficient (Wildman–Crippen LogP) is 3.72. The zero-order chi connectivity index (χ0) is 23.3. The summed E-state index contributed by atoms with van der Waals surface area (Å²) in [6.07, 6.45) is 1.26. The average molecular weight is 470 g/mol. The molecule has 33 heavy (non-hydrogen) atoms. The van der Waals surface area contributed by atoms with Gasteiger partial charge in [-0.25, -0.2) is 0 Å². The van der Waals surface area contributed by atoms with Crippen LogP contribution in [0.5, 0.6) is 0 Å². The molecular weight excluding hydrogens is 441 g/mol. The van der Waals surface area contributed by atoms with Gasteiger partial charge < -0.3 is 19.7 Å². The molecule has 0 aliphatic rings. The van der Waals surface area contributed by atoms with Crippen LogP contribution in [0, 0.1) is 5.92 Å². The quantitative estimate of drug-likeness (QED) is 0.175. The second-order valence-corrected chi connectivity index (χ2v) is 9.34. The fourth-order valence-corrected chi connectivity index (χ4v) is 4.67. The molecule has 174 valence electrons. The summed E-state index contributed by atoms with van der Waals surface area (Å²) in [6.45, 7) is 1.06. The zero-order valence-electron chi connectivity index (χ0n) is 18.4. The van der Waals surface area contributed by atoms with Crippen molar-refractivity contribution in [1.29, 1.82) is 0 Å². The molecule has 2 atom stereocenters. The first-order valence-corrected chi connectivity index (χ1v) is 12.4. The van der Waals surface area contributed by atoms with E-state index in [0.29, 0.717) is 44.5 Å². The summed E-state index contributed by atoms with van der Waals surface area (Å²) in [6, 6.07) is 21.4. The summed E-state index contributed by atoms with van der Waals surface area (Å²) in [7, 11) is -1.55. The Labute approximate surface area is 194 Å². The first kappa shape index (κ1) is 24.7. The molecular formula is C24H29N3O5P+. The number of nitrogens with zero attached hydrogens (tertiary/aromatic N) is 1. The van der Waals surface area contributed by atoms with Gasteiger partial charge in [0.1, 0.15) is 18.2 Å². The van der Waals surface area contributed by atoms with Crippen molar-refractivity contribution in [3.05, 3.63) is 78.1 Å². The highest BCUT2D eigenvalue weighted by atomic mass is 31.1. The molecule has 0 spiro atoms. The number of rotatable bonds is 15. The lowest BCUT2D eigenvalue weighted by atomic mass is 10.0. The molecule has 0 aliphatic heterocycles. The van der Waals surface area contributed by atoms with E-state index in [4.69, 9.17) is 14.4 Å². The standard InChI is InChI=1S/C24H28N3O5P/c28-24(29)14-25-13-20(11-22-12-23(27-32-22)21-9-5-2-6-10-21)16-33(30)18-26-17-31-15-19-7-3-1-4-8-19/h1-10,12,20,25-26H,11,13-18H2/p+1. The highest BCUT2D eigenvalue weighted by molar-refractivity contribution is 7.44. The maximum atomic E-state index is 12.6. The van der Waals surface area contributed by atoms with Gasteiger partial charge in [-0.3, -0.25) is 10.1 Å². The van der Waals surface area contributed by atoms with Crippen molar-refractivity contribution in [2.75, 3.05) is 32.3 Å². The van der Waals surface area contributed by atoms with Gasteiger partial charge in [0.05, 0.1) is 13.2 Å². The molecule has 0 radical (unpaired) electrons. The number of carboxylic acids is 1. The predicted molar refractivity (Wildman–Crippen MR) is 126 cm³/mol. The number of carboxylic acid groups (broad SMARTS) is 1. The van der Waals surface area contributed by atoms with Crippen LogP contribution in [0.4, 0.5) is 0 Å². The van der Waals surface area contributed by atoms with Crippen LogP contribution in [0.25, 0.3) is 11.3 Å². The second-order valence-electron chi connectivity index (χ2n) is 7.69. The third kappa shape index (κ3) is 9.24. The lowest BCUT2D eigenvalue weighted by Gasteiger charge is -2.11. The molecule has 1 heterocycles. The molecule has 9 heteroatoms. The number of ether oxygens (including phenoxy) is 1. The van der Waals surface area contributed by atoms with Crippen LogP contribution in [0.15, 0.2) is 71.3 Å². The summed E-state index contributed by atoms with van der Waals surface area (Å²) in [5, 5.41) is 19.0. The van der Waals surface area contributed by atoms with E-state index < -0.39 is 13.8 Å². The van der Waals surface area contributed by atoms with Crippen molar-refractivity contribution < 1.29 is 23.7 Å². The molecule has 0 saturated heterocycles. The zero-order valence-corrected chi connectivity index (χ0v) is 19.2. The van der Waals surface area contributed by atoms with Crippen LogP contribution < -0.4 is 10.6 Å². The molecule has 3 N–H and O–H groups in total. The molecule has 2 unspecified atom stereocenters. The third-order valence-electron chi connectivity index (χ3n) is 4.89. The highest BCUT2D eigenvalue weighted by Crippen LogP contribution is 2.26. The second kappa shape index (κ2) is 13.6. The summed E-state index contributed by atoms with van der Waals surface area (Å²) < 4.78 is 23.7. The Morgan fingerprint density at radius 2 is 1.82 bits per heavy atom. The summed E-state index contributed by atoms with van der Waals surface area (Å²) in [5.41, 5.74) is 2.78. The topological polar surface area (TPSA) is 114 Å². The van der Waals surface area contributed by atoms with Gasteiger partial charge in [-0.15, -0.1) is 0 Å². The van der Waals surface area contributed by atoms with E-state index in [1.165, 1.54) is 0 Å². The first-order chi connectivity index (χ1) is 16.1. The van der Waals surface area contributed by atoms with E-state index in [0.717, 1.165) is 16.8 Å². The number of nitrogens with one attached hydrogen (secondary N) is 2. The minimum absolute atomic E-state index is 0.0587. The number of hydrogen-bond donors (Lipinski definition) is 3. The van der Waals surface area contributed by atoms with Gasteiger partial charge in [-0.2, -0.15) is 0 Å². The Morgan fingerprint density at radius 1 is 1.09 bits per heavy atom. The van der Waals surface area contributed by atoms with Crippen LogP contribution in [0.2, 0.25) is 0 Å². The van der Waals surface area contributed by atoms with E-state index in [1.54, 1.807) is 0 Å². The van der Waals surface area contributed by atoms with Crippen LogP contribution in [0.1, 0.15) is 11.3 Å². The molecule has 0 saturated carbocycles. The van der Waals surface area contributed by atoms with Crippen molar-refractivity contribution in [2.45, 2.75) is 13.0 Å². The monoisotopic (exact) mass is 470 g/mol. The van der Waals surface area contributed by atoms with Gasteiger partial charge in [0.2, 0.25) is 0 Å². The van der Waals surface area contributed by atoms with E-state index in [9.17, 15) is 9.36 Å². The Bertz CT molecular complexity index is 998. The number of benzene rings is 2. The Morgan fingerprint density at radius 3 is 2.55 bits per heavy atom. The molecule has 2 aromatic carbocycles. The van der Waals surface area contributed by atoms with Crippen LogP contribution in [0.3, 0.4) is 0 Å². The molecule has 0 bridgehead atoms. The SMILES string of the molecule is O=C(O)CNCC(Cc1cc(-c2ccccc2)no1)C[P+](=O)CNCOCc1ccccc1. The van der Waals surface area contributed by atoms with Gasteiger partial charge >= 0.3 is 13.8 Å². The van der Waals surface area contributed by atoms with E-state index in [-0.39, 0.29) is 12.5 Å². The van der Waals surface area contributed by atoms with Gasteiger partial charge in [-0.1, -0.05) is 70.4 Å². The van der Waals surface area contributed by atoms with Crippen molar-refractivity contribution >= 4 is 13.8 Å². The molecule has 0 aliphatic carbocycles. The Hall–Kier alpha value is -2.90. The fraction of sp³-hybridized carbons (Fsp3) is 0.333. The highest BCUT2D eigenvalue weighted by Gasteiger charge is 2.25. The molecule has 3 aromatic rings. The Balaban J connectivity index is 1.47.